The molecule has 1 amide bonds. The first kappa shape index (κ1) is 25.1. The number of carbonyl (C=O) groups excluding carboxylic acids is 1. The number of aromatic nitrogens is 2. The predicted octanol–water partition coefficient (Wildman–Crippen LogP) is 6.23. The van der Waals surface area contributed by atoms with Gasteiger partial charge in [-0.15, -0.1) is 24.5 Å². The number of thiazole rings is 1. The fraction of sp³-hybridized carbons (Fsp3) is 0.333. The topological polar surface area (TPSA) is 58.9 Å². The summed E-state index contributed by atoms with van der Waals surface area (Å²) in [5.74, 6) is -0.0354. The molecule has 1 aliphatic heterocycles. The molecule has 0 radical (unpaired) electrons. The third-order valence-electron chi connectivity index (χ3n) is 6.76. The molecular weight excluding hydrogens is 501 g/mol. The number of halogens is 3. The maximum Gasteiger partial charge on any atom is 0.573 e. The number of ether oxygens (including phenoxy) is 1. The molecule has 37 heavy (non-hydrogen) atoms. The summed E-state index contributed by atoms with van der Waals surface area (Å²) in [7, 11) is 0. The molecule has 4 aromatic rings. The number of amides is 1. The largest absolute Gasteiger partial charge is 0.573 e. The number of aryl methyl sites for hydroxylation is 2. The van der Waals surface area contributed by atoms with Crippen LogP contribution in [0.1, 0.15) is 51.8 Å². The highest BCUT2D eigenvalue weighted by atomic mass is 32.1. The number of carbonyl (C=O) groups is 1. The normalized spacial score (nSPS) is 14.8. The molecule has 194 valence electrons. The zero-order valence-corrected chi connectivity index (χ0v) is 21.3. The summed E-state index contributed by atoms with van der Waals surface area (Å²) in [5.41, 5.74) is 5.45. The van der Waals surface area contributed by atoms with E-state index in [0.29, 0.717) is 18.2 Å². The van der Waals surface area contributed by atoms with Crippen molar-refractivity contribution in [3.63, 3.8) is 0 Å². The summed E-state index contributed by atoms with van der Waals surface area (Å²) in [6.45, 7) is 5.96. The molecule has 10 heteroatoms. The number of nitrogens with zero attached hydrogens (tertiary/aromatic N) is 3. The number of fused-ring (bicyclic) bond motifs is 1. The van der Waals surface area contributed by atoms with Gasteiger partial charge in [0.2, 0.25) is 0 Å². The van der Waals surface area contributed by atoms with Crippen LogP contribution in [0.3, 0.4) is 0 Å². The second kappa shape index (κ2) is 10.1. The van der Waals surface area contributed by atoms with E-state index in [9.17, 15) is 18.0 Å². The predicted molar refractivity (Wildman–Crippen MR) is 137 cm³/mol. The van der Waals surface area contributed by atoms with Crippen LogP contribution in [0.25, 0.3) is 4.96 Å². The minimum absolute atomic E-state index is 0.143. The minimum Gasteiger partial charge on any atom is -0.406 e. The number of hydrogen-bond acceptors (Lipinski definition) is 5. The maximum absolute atomic E-state index is 12.9. The van der Waals surface area contributed by atoms with E-state index in [4.69, 9.17) is 0 Å². The van der Waals surface area contributed by atoms with Gasteiger partial charge in [-0.25, -0.2) is 4.98 Å². The lowest BCUT2D eigenvalue weighted by Crippen LogP contribution is -2.32. The van der Waals surface area contributed by atoms with Gasteiger partial charge in [-0.3, -0.25) is 9.20 Å². The maximum atomic E-state index is 12.9. The van der Waals surface area contributed by atoms with E-state index in [1.54, 1.807) is 12.1 Å². The van der Waals surface area contributed by atoms with Crippen molar-refractivity contribution in [3.05, 3.63) is 82.1 Å². The van der Waals surface area contributed by atoms with E-state index in [2.05, 4.69) is 32.1 Å². The fourth-order valence-electron chi connectivity index (χ4n) is 4.87. The van der Waals surface area contributed by atoms with Gasteiger partial charge < -0.3 is 15.0 Å². The Balaban J connectivity index is 1.14. The SMILES string of the molecule is Cc1nc2scc(C)n2c1C(=O)NCc1ccc(N2CCC(c3ccc(OC(F)(F)F)cc3)CC2)cc1. The molecule has 0 spiro atoms. The first-order chi connectivity index (χ1) is 17.7. The van der Waals surface area contributed by atoms with Gasteiger partial charge in [0.15, 0.2) is 4.96 Å². The Morgan fingerprint density at radius 1 is 1.08 bits per heavy atom. The Labute approximate surface area is 216 Å². The Hall–Kier alpha value is -3.53. The smallest absolute Gasteiger partial charge is 0.406 e. The zero-order chi connectivity index (χ0) is 26.2. The van der Waals surface area contributed by atoms with Crippen molar-refractivity contribution in [1.29, 1.82) is 0 Å². The molecule has 1 saturated heterocycles. The quantitative estimate of drug-likeness (QED) is 0.323. The molecule has 0 unspecified atom stereocenters. The molecule has 0 aliphatic carbocycles. The van der Waals surface area contributed by atoms with Gasteiger partial charge in [-0.05, 0) is 68.0 Å². The molecule has 0 bridgehead atoms. The number of rotatable bonds is 6. The summed E-state index contributed by atoms with van der Waals surface area (Å²) < 4.78 is 43.0. The Morgan fingerprint density at radius 2 is 1.76 bits per heavy atom. The van der Waals surface area contributed by atoms with Crippen molar-refractivity contribution in [1.82, 2.24) is 14.7 Å². The second-order valence-electron chi connectivity index (χ2n) is 9.27. The molecule has 3 heterocycles. The first-order valence-electron chi connectivity index (χ1n) is 12.1. The number of hydrogen-bond donors (Lipinski definition) is 1. The van der Waals surface area contributed by atoms with Crippen LogP contribution in [-0.4, -0.2) is 34.7 Å². The molecule has 1 fully saturated rings. The monoisotopic (exact) mass is 528 g/mol. The average molecular weight is 529 g/mol. The van der Waals surface area contributed by atoms with Crippen LogP contribution in [0, 0.1) is 13.8 Å². The number of piperidine rings is 1. The number of nitrogens with one attached hydrogen (secondary N) is 1. The molecule has 6 nitrogen and oxygen atoms in total. The minimum atomic E-state index is -4.68. The zero-order valence-electron chi connectivity index (χ0n) is 20.5. The van der Waals surface area contributed by atoms with Crippen molar-refractivity contribution in [3.8, 4) is 5.75 Å². The molecule has 2 aromatic carbocycles. The highest BCUT2D eigenvalue weighted by Crippen LogP contribution is 2.32. The fourth-order valence-corrected chi connectivity index (χ4v) is 5.78. The van der Waals surface area contributed by atoms with Gasteiger partial charge in [0, 0.05) is 36.4 Å². The van der Waals surface area contributed by atoms with Gasteiger partial charge in [0.25, 0.3) is 5.91 Å². The highest BCUT2D eigenvalue weighted by molar-refractivity contribution is 7.15. The molecular formula is C27H27F3N4O2S. The number of benzene rings is 2. The molecule has 0 saturated carbocycles. The van der Waals surface area contributed by atoms with E-state index in [1.807, 2.05) is 35.8 Å². The van der Waals surface area contributed by atoms with Crippen LogP contribution in [0.4, 0.5) is 18.9 Å². The van der Waals surface area contributed by atoms with Crippen molar-refractivity contribution in [2.45, 2.75) is 45.5 Å². The van der Waals surface area contributed by atoms with Gasteiger partial charge in [0.05, 0.1) is 5.69 Å². The second-order valence-corrected chi connectivity index (χ2v) is 10.1. The average Bonchev–Trinajstić information content (AvgIpc) is 3.40. The lowest BCUT2D eigenvalue weighted by atomic mass is 9.89. The summed E-state index contributed by atoms with van der Waals surface area (Å²) in [6.07, 6.45) is -2.85. The Kier molecular flexibility index (Phi) is 6.85. The van der Waals surface area contributed by atoms with Crippen LogP contribution in [0.2, 0.25) is 0 Å². The molecule has 5 rings (SSSR count). The van der Waals surface area contributed by atoms with E-state index >= 15 is 0 Å². The third-order valence-corrected chi connectivity index (χ3v) is 7.70. The van der Waals surface area contributed by atoms with Gasteiger partial charge in [0.1, 0.15) is 11.4 Å². The number of alkyl halides is 3. The molecule has 1 aliphatic rings. The Morgan fingerprint density at radius 3 is 2.41 bits per heavy atom. The summed E-state index contributed by atoms with van der Waals surface area (Å²) in [5, 5.41) is 5.00. The van der Waals surface area contributed by atoms with Crippen molar-refractivity contribution >= 4 is 27.9 Å². The van der Waals surface area contributed by atoms with Crippen molar-refractivity contribution in [2.75, 3.05) is 18.0 Å². The van der Waals surface area contributed by atoms with Crippen LogP contribution < -0.4 is 15.0 Å². The Bertz CT molecular complexity index is 1390. The van der Waals surface area contributed by atoms with Crippen molar-refractivity contribution < 1.29 is 22.7 Å². The summed E-state index contributed by atoms with van der Waals surface area (Å²) in [4.78, 5) is 20.5. The molecule has 1 N–H and O–H groups in total. The highest BCUT2D eigenvalue weighted by Gasteiger charge is 2.31. The van der Waals surface area contributed by atoms with Gasteiger partial charge in [-0.1, -0.05) is 24.3 Å². The lowest BCUT2D eigenvalue weighted by Gasteiger charge is -2.34. The van der Waals surface area contributed by atoms with E-state index < -0.39 is 6.36 Å². The molecule has 0 atom stereocenters. The number of imidazole rings is 1. The van der Waals surface area contributed by atoms with Crippen LogP contribution in [0.15, 0.2) is 53.9 Å². The third kappa shape index (κ3) is 5.58. The van der Waals surface area contributed by atoms with E-state index in [0.717, 1.165) is 59.1 Å². The molecule has 2 aromatic heterocycles. The summed E-state index contributed by atoms with van der Waals surface area (Å²) >= 11 is 1.52. The standard InChI is InChI=1S/C27H27F3N4O2S/c1-17-16-37-26-32-18(2)24(34(17)26)25(35)31-15-19-3-7-22(8-4-19)33-13-11-21(12-14-33)20-5-9-23(10-6-20)36-27(28,29)30/h3-10,16,21H,11-15H2,1-2H3,(H,31,35). The number of anilines is 1. The van der Waals surface area contributed by atoms with Crippen LogP contribution >= 0.6 is 11.3 Å². The lowest BCUT2D eigenvalue weighted by molar-refractivity contribution is -0.274. The summed E-state index contributed by atoms with van der Waals surface area (Å²) in [6, 6.07) is 14.4. The van der Waals surface area contributed by atoms with E-state index in [1.165, 1.54) is 23.5 Å². The van der Waals surface area contributed by atoms with Gasteiger partial charge in [-0.2, -0.15) is 0 Å². The van der Waals surface area contributed by atoms with E-state index in [-0.39, 0.29) is 11.7 Å². The van der Waals surface area contributed by atoms with Crippen LogP contribution in [0.5, 0.6) is 5.75 Å². The van der Waals surface area contributed by atoms with Crippen LogP contribution in [-0.2, 0) is 6.54 Å². The van der Waals surface area contributed by atoms with Gasteiger partial charge >= 0.3 is 6.36 Å². The first-order valence-corrected chi connectivity index (χ1v) is 13.0. The van der Waals surface area contributed by atoms with Crippen molar-refractivity contribution in [2.24, 2.45) is 0 Å².